The van der Waals surface area contributed by atoms with E-state index in [4.69, 9.17) is 4.74 Å². The standard InChI is InChI=1S/C24H32N4O4/c1-16-13-28(17(2)15-29)23(30)12-19-11-20(26-24(31)18-7-9-25-10-8-18)5-6-21(19)32-22(16)14-27(3)4/h5-11,16-17,22,29H,12-15H2,1-4H3,(H,26,31)/t16-,17+,22-/m0/s1. The normalized spacial score (nSPS) is 19.9. The van der Waals surface area contributed by atoms with E-state index in [1.165, 1.54) is 0 Å². The number of anilines is 1. The molecule has 0 saturated carbocycles. The highest BCUT2D eigenvalue weighted by molar-refractivity contribution is 6.04. The van der Waals surface area contributed by atoms with E-state index >= 15 is 0 Å². The third kappa shape index (κ3) is 5.83. The Labute approximate surface area is 189 Å². The highest BCUT2D eigenvalue weighted by Crippen LogP contribution is 2.29. The quantitative estimate of drug-likeness (QED) is 0.714. The van der Waals surface area contributed by atoms with Gasteiger partial charge in [0, 0.05) is 48.2 Å². The van der Waals surface area contributed by atoms with Gasteiger partial charge in [-0.3, -0.25) is 14.6 Å². The number of hydrogen-bond donors (Lipinski definition) is 2. The Hall–Kier alpha value is -2.97. The van der Waals surface area contributed by atoms with Crippen LogP contribution in [0.3, 0.4) is 0 Å². The lowest BCUT2D eigenvalue weighted by Crippen LogP contribution is -2.47. The first-order chi connectivity index (χ1) is 15.3. The van der Waals surface area contributed by atoms with E-state index < -0.39 is 0 Å². The number of pyridine rings is 1. The van der Waals surface area contributed by atoms with Crippen LogP contribution in [0.2, 0.25) is 0 Å². The number of aliphatic hydroxyl groups excluding tert-OH is 1. The van der Waals surface area contributed by atoms with Crippen LogP contribution in [-0.2, 0) is 11.2 Å². The Morgan fingerprint density at radius 2 is 2.03 bits per heavy atom. The first kappa shape index (κ1) is 23.7. The maximum atomic E-state index is 13.2. The van der Waals surface area contributed by atoms with Gasteiger partial charge >= 0.3 is 0 Å². The summed E-state index contributed by atoms with van der Waals surface area (Å²) in [5.41, 5.74) is 1.79. The highest BCUT2D eigenvalue weighted by Gasteiger charge is 2.30. The average Bonchev–Trinajstić information content (AvgIpc) is 2.81. The zero-order valence-corrected chi connectivity index (χ0v) is 19.1. The minimum atomic E-state index is -0.291. The van der Waals surface area contributed by atoms with Crippen LogP contribution < -0.4 is 10.1 Å². The zero-order chi connectivity index (χ0) is 23.3. The van der Waals surface area contributed by atoms with Gasteiger partial charge in [-0.25, -0.2) is 0 Å². The molecule has 0 aliphatic carbocycles. The van der Waals surface area contributed by atoms with Gasteiger partial charge in [0.15, 0.2) is 0 Å². The van der Waals surface area contributed by atoms with E-state index in [9.17, 15) is 14.7 Å². The van der Waals surface area contributed by atoms with Gasteiger partial charge in [-0.15, -0.1) is 0 Å². The molecule has 2 heterocycles. The molecule has 1 aromatic heterocycles. The molecule has 3 rings (SSSR count). The molecule has 0 bridgehead atoms. The molecule has 0 radical (unpaired) electrons. The molecule has 0 saturated heterocycles. The Kier molecular flexibility index (Phi) is 7.82. The summed E-state index contributed by atoms with van der Waals surface area (Å²) in [4.78, 5) is 33.4. The Morgan fingerprint density at radius 1 is 1.31 bits per heavy atom. The SMILES string of the molecule is C[C@H](CO)N1C[C@H](C)[C@H](CN(C)C)Oc2ccc(NC(=O)c3ccncc3)cc2CC1=O. The second-order valence-corrected chi connectivity index (χ2v) is 8.66. The number of likely N-dealkylation sites (N-methyl/N-ethyl adjacent to an activating group) is 1. The summed E-state index contributed by atoms with van der Waals surface area (Å²) < 4.78 is 6.39. The number of ether oxygens (including phenoxy) is 1. The van der Waals surface area contributed by atoms with E-state index in [0.717, 1.165) is 0 Å². The number of rotatable bonds is 6. The zero-order valence-electron chi connectivity index (χ0n) is 19.1. The average molecular weight is 441 g/mol. The fourth-order valence-electron chi connectivity index (χ4n) is 3.79. The van der Waals surface area contributed by atoms with E-state index in [-0.39, 0.29) is 42.9 Å². The van der Waals surface area contributed by atoms with Gasteiger partial charge in [0.25, 0.3) is 5.91 Å². The van der Waals surface area contributed by atoms with Crippen molar-refractivity contribution in [3.63, 3.8) is 0 Å². The summed E-state index contributed by atoms with van der Waals surface area (Å²) in [6, 6.07) is 8.37. The predicted molar refractivity (Wildman–Crippen MR) is 123 cm³/mol. The summed E-state index contributed by atoms with van der Waals surface area (Å²) in [6.07, 6.45) is 3.11. The van der Waals surface area contributed by atoms with Gasteiger partial charge in [0.2, 0.25) is 5.91 Å². The smallest absolute Gasteiger partial charge is 0.255 e. The van der Waals surface area contributed by atoms with E-state index in [1.807, 2.05) is 27.1 Å². The van der Waals surface area contributed by atoms with Gasteiger partial charge in [-0.1, -0.05) is 6.92 Å². The summed E-state index contributed by atoms with van der Waals surface area (Å²) in [5.74, 6) is 0.369. The molecule has 8 nitrogen and oxygen atoms in total. The van der Waals surface area contributed by atoms with Gasteiger partial charge < -0.3 is 25.0 Å². The monoisotopic (exact) mass is 440 g/mol. The Morgan fingerprint density at radius 3 is 2.69 bits per heavy atom. The van der Waals surface area contributed by atoms with Crippen LogP contribution in [0.25, 0.3) is 0 Å². The number of carbonyl (C=O) groups is 2. The minimum Gasteiger partial charge on any atom is -0.488 e. The predicted octanol–water partition coefficient (Wildman–Crippen LogP) is 2.04. The third-order valence-electron chi connectivity index (χ3n) is 5.66. The molecular weight excluding hydrogens is 408 g/mol. The maximum absolute atomic E-state index is 13.2. The van der Waals surface area contributed by atoms with Crippen LogP contribution in [0.15, 0.2) is 42.7 Å². The largest absolute Gasteiger partial charge is 0.488 e. The fraction of sp³-hybridized carbons (Fsp3) is 0.458. The van der Waals surface area contributed by atoms with Crippen molar-refractivity contribution in [2.24, 2.45) is 5.92 Å². The molecule has 2 N–H and O–H groups in total. The Balaban J connectivity index is 1.92. The van der Waals surface area contributed by atoms with Crippen molar-refractivity contribution in [1.29, 1.82) is 0 Å². The summed E-state index contributed by atoms with van der Waals surface area (Å²) >= 11 is 0. The van der Waals surface area contributed by atoms with Crippen molar-refractivity contribution < 1.29 is 19.4 Å². The second-order valence-electron chi connectivity index (χ2n) is 8.66. The number of aromatic nitrogens is 1. The molecule has 0 fully saturated rings. The van der Waals surface area contributed by atoms with Crippen molar-refractivity contribution in [3.8, 4) is 5.75 Å². The molecule has 3 atom stereocenters. The number of carbonyl (C=O) groups excluding carboxylic acids is 2. The van der Waals surface area contributed by atoms with Crippen LogP contribution >= 0.6 is 0 Å². The number of nitrogens with one attached hydrogen (secondary N) is 1. The third-order valence-corrected chi connectivity index (χ3v) is 5.66. The van der Waals surface area contributed by atoms with Gasteiger partial charge in [0.05, 0.1) is 19.1 Å². The highest BCUT2D eigenvalue weighted by atomic mass is 16.5. The van der Waals surface area contributed by atoms with E-state index in [0.29, 0.717) is 35.7 Å². The van der Waals surface area contributed by atoms with Crippen LogP contribution in [-0.4, -0.2) is 77.6 Å². The van der Waals surface area contributed by atoms with Crippen LogP contribution in [0, 0.1) is 5.92 Å². The summed E-state index contributed by atoms with van der Waals surface area (Å²) in [7, 11) is 3.97. The lowest BCUT2D eigenvalue weighted by molar-refractivity contribution is -0.134. The number of amides is 2. The first-order valence-electron chi connectivity index (χ1n) is 10.8. The van der Waals surface area contributed by atoms with Gasteiger partial charge in [-0.2, -0.15) is 0 Å². The number of hydrogen-bond acceptors (Lipinski definition) is 6. The second kappa shape index (κ2) is 10.6. The first-order valence-corrected chi connectivity index (χ1v) is 10.8. The van der Waals surface area contributed by atoms with Crippen molar-refractivity contribution >= 4 is 17.5 Å². The number of fused-ring (bicyclic) bond motifs is 1. The van der Waals surface area contributed by atoms with Crippen molar-refractivity contribution in [2.45, 2.75) is 32.4 Å². The molecule has 0 spiro atoms. The molecule has 2 amide bonds. The van der Waals surface area contributed by atoms with E-state index in [1.54, 1.807) is 41.6 Å². The topological polar surface area (TPSA) is 95.0 Å². The number of nitrogens with zero attached hydrogens (tertiary/aromatic N) is 3. The Bertz CT molecular complexity index is 935. The lowest BCUT2D eigenvalue weighted by Gasteiger charge is -2.33. The molecule has 0 unspecified atom stereocenters. The lowest BCUT2D eigenvalue weighted by atomic mass is 10.0. The fourth-order valence-corrected chi connectivity index (χ4v) is 3.79. The van der Waals surface area contributed by atoms with Crippen molar-refractivity contribution in [3.05, 3.63) is 53.9 Å². The molecule has 172 valence electrons. The van der Waals surface area contributed by atoms with Crippen LogP contribution in [0.4, 0.5) is 5.69 Å². The molecule has 8 heteroatoms. The molecule has 32 heavy (non-hydrogen) atoms. The van der Waals surface area contributed by atoms with E-state index in [2.05, 4.69) is 22.1 Å². The van der Waals surface area contributed by atoms with Gasteiger partial charge in [-0.05, 0) is 51.4 Å². The van der Waals surface area contributed by atoms with Crippen molar-refractivity contribution in [1.82, 2.24) is 14.8 Å². The molecule has 1 aliphatic rings. The number of benzene rings is 1. The molecule has 1 aliphatic heterocycles. The maximum Gasteiger partial charge on any atom is 0.255 e. The minimum absolute atomic E-state index is 0.0624. The van der Waals surface area contributed by atoms with Crippen LogP contribution in [0.5, 0.6) is 5.75 Å². The van der Waals surface area contributed by atoms with Gasteiger partial charge in [0.1, 0.15) is 11.9 Å². The summed E-state index contributed by atoms with van der Waals surface area (Å²) in [6.45, 7) is 4.99. The molecular formula is C24H32N4O4. The molecule has 1 aromatic carbocycles. The molecule has 2 aromatic rings. The summed E-state index contributed by atoms with van der Waals surface area (Å²) in [5, 5.41) is 12.6. The van der Waals surface area contributed by atoms with Crippen LogP contribution in [0.1, 0.15) is 29.8 Å². The number of aliphatic hydroxyl groups is 1. The van der Waals surface area contributed by atoms with Crippen molar-refractivity contribution in [2.75, 3.05) is 39.1 Å².